The molecule has 0 aliphatic rings. The second kappa shape index (κ2) is 4.40. The third-order valence-corrected chi connectivity index (χ3v) is 3.15. The van der Waals surface area contributed by atoms with E-state index < -0.39 is 0 Å². The molecule has 1 aromatic carbocycles. The molecule has 1 aromatic heterocycles. The number of hydrogen-bond donors (Lipinski definition) is 0. The number of aromatic nitrogens is 4. The maximum Gasteiger partial charge on any atom is 0.368 e. The maximum absolute atomic E-state index is 13.4. The average Bonchev–Trinajstić information content (AvgIpc) is 2.64. The highest BCUT2D eigenvalue weighted by Gasteiger charge is 2.14. The van der Waals surface area contributed by atoms with Gasteiger partial charge in [-0.05, 0) is 40.6 Å². The number of rotatable bonds is 2. The van der Waals surface area contributed by atoms with Crippen molar-refractivity contribution in [1.82, 2.24) is 19.8 Å². The van der Waals surface area contributed by atoms with Crippen LogP contribution in [0.3, 0.4) is 0 Å². The molecule has 2 rings (SSSR count). The van der Waals surface area contributed by atoms with Gasteiger partial charge < -0.3 is 0 Å². The van der Waals surface area contributed by atoms with Gasteiger partial charge in [0.2, 0.25) is 0 Å². The van der Waals surface area contributed by atoms with Gasteiger partial charge in [0.1, 0.15) is 5.82 Å². The molecule has 5 nitrogen and oxygen atoms in total. The normalized spacial score (nSPS) is 10.8. The van der Waals surface area contributed by atoms with Crippen molar-refractivity contribution in [3.05, 3.63) is 39.6 Å². The fourth-order valence-corrected chi connectivity index (χ4v) is 2.25. The topological polar surface area (TPSA) is 52.7 Å². The monoisotopic (exact) mass is 300 g/mol. The van der Waals surface area contributed by atoms with E-state index in [1.807, 2.05) is 0 Å². The van der Waals surface area contributed by atoms with Gasteiger partial charge in [0.05, 0.1) is 5.69 Å². The second-order valence-corrected chi connectivity index (χ2v) is 4.16. The average molecular weight is 301 g/mol. The van der Waals surface area contributed by atoms with E-state index >= 15 is 0 Å². The quantitative estimate of drug-likeness (QED) is 0.786. The summed E-state index contributed by atoms with van der Waals surface area (Å²) in [6.07, 6.45) is 0. The van der Waals surface area contributed by atoms with Gasteiger partial charge in [-0.15, -0.1) is 0 Å². The molecular weight excluding hydrogens is 291 g/mol. The van der Waals surface area contributed by atoms with Gasteiger partial charge in [0.15, 0.2) is 0 Å². The fourth-order valence-electron chi connectivity index (χ4n) is 1.55. The highest BCUT2D eigenvalue weighted by atomic mass is 79.9. The van der Waals surface area contributed by atoms with Crippen LogP contribution in [0, 0.1) is 12.7 Å². The van der Waals surface area contributed by atoms with Crippen LogP contribution in [0.5, 0.6) is 0 Å². The van der Waals surface area contributed by atoms with Gasteiger partial charge in [-0.1, -0.05) is 15.9 Å². The molecule has 2 aromatic rings. The van der Waals surface area contributed by atoms with Crippen molar-refractivity contribution < 1.29 is 4.39 Å². The largest absolute Gasteiger partial charge is 0.368 e. The standard InChI is InChI=1S/C10H10BrFN4O/c1-6-7(5-11)9(4-3-8(6)12)16-10(17)15(2)13-14-16/h3-4H,5H2,1-2H3. The zero-order chi connectivity index (χ0) is 12.6. The number of alkyl halides is 1. The summed E-state index contributed by atoms with van der Waals surface area (Å²) >= 11 is 3.28. The van der Waals surface area contributed by atoms with Crippen molar-refractivity contribution in [2.45, 2.75) is 12.3 Å². The predicted molar refractivity (Wildman–Crippen MR) is 63.9 cm³/mol. The first kappa shape index (κ1) is 12.0. The summed E-state index contributed by atoms with van der Waals surface area (Å²) in [5, 5.41) is 7.81. The molecule has 0 radical (unpaired) electrons. The number of halogens is 2. The molecule has 0 bridgehead atoms. The van der Waals surface area contributed by atoms with E-state index in [-0.39, 0.29) is 11.5 Å². The first-order valence-corrected chi connectivity index (χ1v) is 6.01. The Morgan fingerprint density at radius 2 is 2.12 bits per heavy atom. The molecule has 0 unspecified atom stereocenters. The van der Waals surface area contributed by atoms with Crippen LogP contribution < -0.4 is 5.69 Å². The molecule has 0 saturated heterocycles. The van der Waals surface area contributed by atoms with Crippen molar-refractivity contribution in [3.8, 4) is 5.69 Å². The van der Waals surface area contributed by atoms with E-state index in [1.54, 1.807) is 6.92 Å². The molecule has 0 spiro atoms. The fraction of sp³-hybridized carbons (Fsp3) is 0.300. The Kier molecular flexibility index (Phi) is 3.10. The number of nitrogens with zero attached hydrogens (tertiary/aromatic N) is 4. The Morgan fingerprint density at radius 3 is 2.65 bits per heavy atom. The third kappa shape index (κ3) is 1.90. The summed E-state index contributed by atoms with van der Waals surface area (Å²) in [5.74, 6) is -0.305. The first-order chi connectivity index (χ1) is 8.06. The predicted octanol–water partition coefficient (Wildman–Crippen LogP) is 1.31. The molecule has 1 heterocycles. The lowest BCUT2D eigenvalue weighted by Gasteiger charge is -2.09. The highest BCUT2D eigenvalue weighted by molar-refractivity contribution is 9.08. The van der Waals surface area contributed by atoms with Crippen LogP contribution in [0.2, 0.25) is 0 Å². The number of hydrogen-bond acceptors (Lipinski definition) is 3. The molecule has 17 heavy (non-hydrogen) atoms. The van der Waals surface area contributed by atoms with Crippen LogP contribution in [-0.4, -0.2) is 19.8 Å². The van der Waals surface area contributed by atoms with Crippen LogP contribution >= 0.6 is 15.9 Å². The molecule has 0 atom stereocenters. The van der Waals surface area contributed by atoms with E-state index in [2.05, 4.69) is 26.4 Å². The minimum atomic E-state index is -0.363. The molecule has 0 N–H and O–H groups in total. The smallest absolute Gasteiger partial charge is 0.244 e. The van der Waals surface area contributed by atoms with Crippen LogP contribution in [0.4, 0.5) is 4.39 Å². The maximum atomic E-state index is 13.4. The Morgan fingerprint density at radius 1 is 1.41 bits per heavy atom. The van der Waals surface area contributed by atoms with Crippen molar-refractivity contribution in [2.24, 2.45) is 7.05 Å². The summed E-state index contributed by atoms with van der Waals surface area (Å²) in [4.78, 5) is 11.7. The van der Waals surface area contributed by atoms with Gasteiger partial charge in [0, 0.05) is 12.4 Å². The van der Waals surface area contributed by atoms with Crippen LogP contribution in [0.15, 0.2) is 16.9 Å². The van der Waals surface area contributed by atoms with Gasteiger partial charge in [0.25, 0.3) is 0 Å². The van der Waals surface area contributed by atoms with Gasteiger partial charge in [-0.3, -0.25) is 0 Å². The molecule has 7 heteroatoms. The van der Waals surface area contributed by atoms with Crippen molar-refractivity contribution in [1.29, 1.82) is 0 Å². The molecule has 0 amide bonds. The van der Waals surface area contributed by atoms with Crippen molar-refractivity contribution in [2.75, 3.05) is 0 Å². The van der Waals surface area contributed by atoms with E-state index in [4.69, 9.17) is 0 Å². The summed E-state index contributed by atoms with van der Waals surface area (Å²) in [6, 6.07) is 2.84. The lowest BCUT2D eigenvalue weighted by Crippen LogP contribution is -2.23. The summed E-state index contributed by atoms with van der Waals surface area (Å²) in [6.45, 7) is 1.66. The number of aryl methyl sites for hydroxylation is 1. The molecule has 90 valence electrons. The first-order valence-electron chi connectivity index (χ1n) is 4.89. The van der Waals surface area contributed by atoms with E-state index in [0.717, 1.165) is 9.36 Å². The van der Waals surface area contributed by atoms with Crippen LogP contribution in [0.1, 0.15) is 11.1 Å². The highest BCUT2D eigenvalue weighted by Crippen LogP contribution is 2.22. The Bertz CT molecular complexity index is 619. The zero-order valence-corrected chi connectivity index (χ0v) is 10.9. The molecule has 0 fully saturated rings. The minimum Gasteiger partial charge on any atom is -0.244 e. The Labute approximate surface area is 105 Å². The molecule has 0 saturated carbocycles. The summed E-state index contributed by atoms with van der Waals surface area (Å²) in [5.41, 5.74) is 1.36. The molecule has 0 aliphatic carbocycles. The van der Waals surface area contributed by atoms with Gasteiger partial charge >= 0.3 is 5.69 Å². The van der Waals surface area contributed by atoms with E-state index in [9.17, 15) is 9.18 Å². The lowest BCUT2D eigenvalue weighted by atomic mass is 10.1. The van der Waals surface area contributed by atoms with E-state index in [1.165, 1.54) is 19.2 Å². The number of tetrazole rings is 1. The third-order valence-electron chi connectivity index (χ3n) is 2.59. The van der Waals surface area contributed by atoms with E-state index in [0.29, 0.717) is 22.1 Å². The summed E-state index contributed by atoms with van der Waals surface area (Å²) in [7, 11) is 1.51. The molecule has 0 aliphatic heterocycles. The Hall–Kier alpha value is -1.50. The van der Waals surface area contributed by atoms with Gasteiger partial charge in [-0.25, -0.2) is 9.18 Å². The van der Waals surface area contributed by atoms with Crippen molar-refractivity contribution >= 4 is 15.9 Å². The van der Waals surface area contributed by atoms with Crippen LogP contribution in [-0.2, 0) is 12.4 Å². The van der Waals surface area contributed by atoms with Gasteiger partial charge in [-0.2, -0.15) is 9.36 Å². The summed E-state index contributed by atoms with van der Waals surface area (Å²) < 4.78 is 15.7. The van der Waals surface area contributed by atoms with Crippen LogP contribution in [0.25, 0.3) is 5.69 Å². The van der Waals surface area contributed by atoms with Crippen molar-refractivity contribution in [3.63, 3.8) is 0 Å². The number of benzene rings is 1. The Balaban J connectivity index is 2.72. The second-order valence-electron chi connectivity index (χ2n) is 3.60. The SMILES string of the molecule is Cc1c(F)ccc(-n2nnn(C)c2=O)c1CBr. The zero-order valence-electron chi connectivity index (χ0n) is 9.31. The lowest BCUT2D eigenvalue weighted by molar-refractivity contribution is 0.615. The molecular formula is C10H10BrFN4O. The minimum absolute atomic E-state index is 0.305.